The fourth-order valence-corrected chi connectivity index (χ4v) is 6.95. The van der Waals surface area contributed by atoms with Gasteiger partial charge in [-0.15, -0.1) is 0 Å². The van der Waals surface area contributed by atoms with E-state index in [2.05, 4.69) is 27.4 Å². The average Bonchev–Trinajstić information content (AvgIpc) is 3.36. The lowest BCUT2D eigenvalue weighted by atomic mass is 9.77. The summed E-state index contributed by atoms with van der Waals surface area (Å²) >= 11 is 0. The second kappa shape index (κ2) is 8.38. The van der Waals surface area contributed by atoms with Crippen molar-refractivity contribution in [3.05, 3.63) is 0 Å². The first-order valence-corrected chi connectivity index (χ1v) is 12.2. The van der Waals surface area contributed by atoms with Gasteiger partial charge in [0.2, 0.25) is 11.8 Å². The molecule has 168 valence electrons. The van der Waals surface area contributed by atoms with Crippen molar-refractivity contribution >= 4 is 11.8 Å². The number of carbonyl (C=O) groups is 2. The van der Waals surface area contributed by atoms with E-state index < -0.39 is 6.17 Å². The highest BCUT2D eigenvalue weighted by Gasteiger charge is 2.46. The highest BCUT2D eigenvalue weighted by Crippen LogP contribution is 2.38. The maximum Gasteiger partial charge on any atom is 0.237 e. The standard InChI is InChI=1S/C23H37FN4O2/c1-14-5-7-19(24)18-12-20(26-22(14)18)23(30)25-15-3-2-4-16(11-15)27-9-10-28-17(13-27)6-8-21(28)29/h14-20,22,26H,2-13H2,1H3,(H,25,30)/t14?,15-,16+,17?,18?,19?,20?,22?/m1/s1. The molecule has 8 atom stereocenters. The summed E-state index contributed by atoms with van der Waals surface area (Å²) in [5, 5.41) is 6.77. The Morgan fingerprint density at radius 3 is 2.80 bits per heavy atom. The molecule has 30 heavy (non-hydrogen) atoms. The Morgan fingerprint density at radius 1 is 1.10 bits per heavy atom. The zero-order valence-electron chi connectivity index (χ0n) is 18.2. The zero-order valence-corrected chi connectivity index (χ0v) is 18.2. The third-order valence-corrected chi connectivity index (χ3v) is 8.69. The summed E-state index contributed by atoms with van der Waals surface area (Å²) in [6, 6.07) is 1.00. The van der Waals surface area contributed by atoms with Crippen LogP contribution in [0.3, 0.4) is 0 Å². The van der Waals surface area contributed by atoms with E-state index in [4.69, 9.17) is 0 Å². The van der Waals surface area contributed by atoms with Gasteiger partial charge in [0.25, 0.3) is 0 Å². The van der Waals surface area contributed by atoms with Crippen LogP contribution in [0.5, 0.6) is 0 Å². The van der Waals surface area contributed by atoms with Gasteiger partial charge in [-0.05, 0) is 57.3 Å². The topological polar surface area (TPSA) is 64.7 Å². The third-order valence-electron chi connectivity index (χ3n) is 8.69. The number of carbonyl (C=O) groups excluding carboxylic acids is 2. The van der Waals surface area contributed by atoms with Crippen molar-refractivity contribution in [3.63, 3.8) is 0 Å². The summed E-state index contributed by atoms with van der Waals surface area (Å²) in [6.07, 6.45) is 7.46. The van der Waals surface area contributed by atoms with Crippen LogP contribution in [0.25, 0.3) is 0 Å². The summed E-state index contributed by atoms with van der Waals surface area (Å²) < 4.78 is 14.4. The first-order valence-electron chi connectivity index (χ1n) is 12.2. The lowest BCUT2D eigenvalue weighted by molar-refractivity contribution is -0.131. The van der Waals surface area contributed by atoms with Gasteiger partial charge in [0, 0.05) is 56.1 Å². The third kappa shape index (κ3) is 3.88. The number of amides is 2. The van der Waals surface area contributed by atoms with E-state index in [0.717, 1.165) is 51.7 Å². The molecule has 0 aromatic heterocycles. The SMILES string of the molecule is CC1CCC(F)C2CC(C(=O)N[C@@H]3CCC[C@H](N4CCN5C(=O)CCC5C4)C3)NC12. The van der Waals surface area contributed by atoms with Crippen LogP contribution in [-0.2, 0) is 9.59 Å². The highest BCUT2D eigenvalue weighted by molar-refractivity contribution is 5.82. The van der Waals surface area contributed by atoms with E-state index in [1.54, 1.807) is 0 Å². The van der Waals surface area contributed by atoms with Crippen LogP contribution in [0.2, 0.25) is 0 Å². The molecule has 5 aliphatic rings. The van der Waals surface area contributed by atoms with Crippen LogP contribution in [0, 0.1) is 11.8 Å². The minimum Gasteiger partial charge on any atom is -0.352 e. The van der Waals surface area contributed by atoms with Gasteiger partial charge in [-0.2, -0.15) is 0 Å². The number of piperazine rings is 1. The van der Waals surface area contributed by atoms with Crippen molar-refractivity contribution in [1.29, 1.82) is 0 Å². The minimum atomic E-state index is -0.767. The van der Waals surface area contributed by atoms with Crippen molar-refractivity contribution in [3.8, 4) is 0 Å². The van der Waals surface area contributed by atoms with E-state index in [9.17, 15) is 14.0 Å². The normalized spacial score (nSPS) is 44.6. The quantitative estimate of drug-likeness (QED) is 0.731. The van der Waals surface area contributed by atoms with Crippen molar-refractivity contribution in [1.82, 2.24) is 20.4 Å². The molecule has 0 bridgehead atoms. The number of hydrogen-bond donors (Lipinski definition) is 2. The fourth-order valence-electron chi connectivity index (χ4n) is 6.95. The highest BCUT2D eigenvalue weighted by atomic mass is 19.1. The molecule has 2 amide bonds. The molecule has 0 aromatic carbocycles. The summed E-state index contributed by atoms with van der Waals surface area (Å²) in [5.41, 5.74) is 0. The summed E-state index contributed by atoms with van der Waals surface area (Å²) in [4.78, 5) is 29.6. The smallest absolute Gasteiger partial charge is 0.237 e. The molecule has 6 nitrogen and oxygen atoms in total. The predicted octanol–water partition coefficient (Wildman–Crippen LogP) is 1.84. The van der Waals surface area contributed by atoms with Crippen LogP contribution in [-0.4, -0.2) is 77.6 Å². The number of hydrogen-bond acceptors (Lipinski definition) is 4. The Bertz CT molecular complexity index is 658. The van der Waals surface area contributed by atoms with Crippen molar-refractivity contribution in [2.75, 3.05) is 19.6 Å². The lowest BCUT2D eigenvalue weighted by Crippen LogP contribution is -2.57. The molecule has 2 saturated carbocycles. The minimum absolute atomic E-state index is 0.00554. The molecule has 0 radical (unpaired) electrons. The Hall–Kier alpha value is -1.21. The first-order chi connectivity index (χ1) is 14.5. The number of halogens is 1. The Morgan fingerprint density at radius 2 is 1.97 bits per heavy atom. The molecule has 5 rings (SSSR count). The number of rotatable bonds is 3. The number of nitrogens with one attached hydrogen (secondary N) is 2. The molecule has 6 unspecified atom stereocenters. The maximum absolute atomic E-state index is 14.4. The van der Waals surface area contributed by atoms with Crippen LogP contribution >= 0.6 is 0 Å². The molecule has 3 heterocycles. The first kappa shape index (κ1) is 20.7. The molecule has 2 N–H and O–H groups in total. The fraction of sp³-hybridized carbons (Fsp3) is 0.913. The van der Waals surface area contributed by atoms with Crippen LogP contribution in [0.4, 0.5) is 4.39 Å². The van der Waals surface area contributed by atoms with Gasteiger partial charge in [0.05, 0.1) is 6.04 Å². The second-order valence-electron chi connectivity index (χ2n) is 10.5. The molecular formula is C23H37FN4O2. The lowest BCUT2D eigenvalue weighted by Gasteiger charge is -2.44. The van der Waals surface area contributed by atoms with Gasteiger partial charge in [-0.3, -0.25) is 14.5 Å². The maximum atomic E-state index is 14.4. The largest absolute Gasteiger partial charge is 0.352 e. The monoisotopic (exact) mass is 420 g/mol. The molecule has 5 fully saturated rings. The molecule has 3 aliphatic heterocycles. The molecule has 7 heteroatoms. The molecule has 0 spiro atoms. The van der Waals surface area contributed by atoms with Gasteiger partial charge in [-0.25, -0.2) is 4.39 Å². The summed E-state index contributed by atoms with van der Waals surface area (Å²) in [5.74, 6) is 0.831. The molecule has 0 aromatic rings. The van der Waals surface area contributed by atoms with Gasteiger partial charge >= 0.3 is 0 Å². The van der Waals surface area contributed by atoms with Gasteiger partial charge in [-0.1, -0.05) is 6.92 Å². The summed E-state index contributed by atoms with van der Waals surface area (Å²) in [7, 11) is 0. The Labute approximate surface area is 179 Å². The number of alkyl halides is 1. The van der Waals surface area contributed by atoms with Gasteiger partial charge in [0.15, 0.2) is 0 Å². The zero-order chi connectivity index (χ0) is 20.8. The van der Waals surface area contributed by atoms with E-state index in [-0.39, 0.29) is 30.0 Å². The van der Waals surface area contributed by atoms with Crippen LogP contribution < -0.4 is 10.6 Å². The van der Waals surface area contributed by atoms with Gasteiger partial charge < -0.3 is 15.5 Å². The van der Waals surface area contributed by atoms with Crippen molar-refractivity contribution < 1.29 is 14.0 Å². The Balaban J connectivity index is 1.14. The van der Waals surface area contributed by atoms with E-state index in [1.165, 1.54) is 6.42 Å². The summed E-state index contributed by atoms with van der Waals surface area (Å²) in [6.45, 7) is 4.98. The number of fused-ring (bicyclic) bond motifs is 2. The van der Waals surface area contributed by atoms with E-state index in [1.807, 2.05) is 0 Å². The number of nitrogens with zero attached hydrogens (tertiary/aromatic N) is 2. The van der Waals surface area contributed by atoms with Crippen LogP contribution in [0.1, 0.15) is 64.7 Å². The molecule has 3 saturated heterocycles. The molecule has 2 aliphatic carbocycles. The average molecular weight is 421 g/mol. The van der Waals surface area contributed by atoms with E-state index in [0.29, 0.717) is 43.2 Å². The Kier molecular flexibility index (Phi) is 5.78. The van der Waals surface area contributed by atoms with Crippen molar-refractivity contribution in [2.45, 2.75) is 101 Å². The van der Waals surface area contributed by atoms with Crippen LogP contribution in [0.15, 0.2) is 0 Å². The second-order valence-corrected chi connectivity index (χ2v) is 10.5. The van der Waals surface area contributed by atoms with Gasteiger partial charge in [0.1, 0.15) is 6.17 Å². The van der Waals surface area contributed by atoms with Crippen molar-refractivity contribution in [2.24, 2.45) is 11.8 Å². The van der Waals surface area contributed by atoms with E-state index >= 15 is 0 Å². The molecular weight excluding hydrogens is 383 g/mol. The predicted molar refractivity (Wildman–Crippen MR) is 113 cm³/mol.